The van der Waals surface area contributed by atoms with E-state index in [1.165, 1.54) is 7.11 Å². The third-order valence-corrected chi connectivity index (χ3v) is 3.49. The van der Waals surface area contributed by atoms with Crippen LogP contribution in [0.15, 0.2) is 18.2 Å². The van der Waals surface area contributed by atoms with Crippen LogP contribution in [-0.4, -0.2) is 30.8 Å². The van der Waals surface area contributed by atoms with Gasteiger partial charge in [-0.15, -0.1) is 0 Å². The zero-order valence-electron chi connectivity index (χ0n) is 10.9. The van der Waals surface area contributed by atoms with Crippen molar-refractivity contribution >= 4 is 11.9 Å². The molecule has 1 aliphatic heterocycles. The van der Waals surface area contributed by atoms with Crippen molar-refractivity contribution in [2.24, 2.45) is 0 Å². The number of carboxylic acid groups (broad SMARTS) is 1. The zero-order chi connectivity index (χ0) is 14.0. The van der Waals surface area contributed by atoms with Gasteiger partial charge in [0.15, 0.2) is 0 Å². The maximum atomic E-state index is 11.4. The number of esters is 1. The third-order valence-electron chi connectivity index (χ3n) is 3.49. The molecule has 5 heteroatoms. The summed E-state index contributed by atoms with van der Waals surface area (Å²) >= 11 is 0. The maximum absolute atomic E-state index is 11.4. The van der Waals surface area contributed by atoms with E-state index in [-0.39, 0.29) is 19.0 Å². The van der Waals surface area contributed by atoms with Gasteiger partial charge in [-0.25, -0.2) is 0 Å². The van der Waals surface area contributed by atoms with Crippen LogP contribution in [0, 0.1) is 0 Å². The molecule has 1 aromatic carbocycles. The Morgan fingerprint density at radius 1 is 1.47 bits per heavy atom. The number of carboxylic acids is 1. The van der Waals surface area contributed by atoms with Gasteiger partial charge in [0.1, 0.15) is 17.8 Å². The van der Waals surface area contributed by atoms with Crippen LogP contribution in [0.4, 0.5) is 0 Å². The van der Waals surface area contributed by atoms with E-state index >= 15 is 0 Å². The molecular formula is C14H16O5. The molecule has 1 unspecified atom stereocenters. The summed E-state index contributed by atoms with van der Waals surface area (Å²) in [6.45, 7) is 1.76. The number of benzene rings is 1. The average molecular weight is 264 g/mol. The fourth-order valence-corrected chi connectivity index (χ4v) is 2.20. The molecule has 0 radical (unpaired) electrons. The second-order valence-corrected chi connectivity index (χ2v) is 4.80. The number of fused-ring (bicyclic) bond motifs is 1. The first-order chi connectivity index (χ1) is 8.99. The van der Waals surface area contributed by atoms with Gasteiger partial charge in [-0.3, -0.25) is 9.59 Å². The number of carbonyl (C=O) groups excluding carboxylic acids is 1. The largest absolute Gasteiger partial charge is 0.491 e. The molecule has 102 valence electrons. The molecule has 0 bridgehead atoms. The lowest BCUT2D eigenvalue weighted by atomic mass is 9.84. The summed E-state index contributed by atoms with van der Waals surface area (Å²) in [5, 5.41) is 9.31. The number of hydrogen-bond donors (Lipinski definition) is 1. The minimum absolute atomic E-state index is 0.118. The molecule has 0 amide bonds. The van der Waals surface area contributed by atoms with Crippen LogP contribution in [0.1, 0.15) is 24.5 Å². The van der Waals surface area contributed by atoms with Gasteiger partial charge < -0.3 is 14.6 Å². The van der Waals surface area contributed by atoms with Gasteiger partial charge in [0.2, 0.25) is 0 Å². The first-order valence-electron chi connectivity index (χ1n) is 6.04. The molecule has 5 nitrogen and oxygen atoms in total. The summed E-state index contributed by atoms with van der Waals surface area (Å²) in [5.74, 6) is -0.607. The topological polar surface area (TPSA) is 72.8 Å². The normalized spacial score (nSPS) is 20.5. The highest BCUT2D eigenvalue weighted by molar-refractivity contribution is 5.83. The van der Waals surface area contributed by atoms with Crippen LogP contribution in [-0.2, 0) is 26.2 Å². The van der Waals surface area contributed by atoms with Gasteiger partial charge in [-0.1, -0.05) is 18.2 Å². The van der Waals surface area contributed by atoms with E-state index in [0.29, 0.717) is 17.7 Å². The van der Waals surface area contributed by atoms with E-state index in [2.05, 4.69) is 4.74 Å². The summed E-state index contributed by atoms with van der Waals surface area (Å²) in [6.07, 6.45) is 0.728. The van der Waals surface area contributed by atoms with Gasteiger partial charge >= 0.3 is 11.9 Å². The molecule has 0 aliphatic carbocycles. The predicted molar refractivity (Wildman–Crippen MR) is 67.3 cm³/mol. The summed E-state index contributed by atoms with van der Waals surface area (Å²) < 4.78 is 10.1. The average Bonchev–Trinajstić information content (AvgIpc) is 2.76. The monoisotopic (exact) mass is 264 g/mol. The highest BCUT2D eigenvalue weighted by Crippen LogP contribution is 2.41. The quantitative estimate of drug-likeness (QED) is 0.835. The Labute approximate surface area is 111 Å². The molecule has 1 aliphatic rings. The Hall–Kier alpha value is -2.04. The van der Waals surface area contributed by atoms with Gasteiger partial charge in [0.05, 0.1) is 7.11 Å². The molecule has 2 rings (SSSR count). The summed E-state index contributed by atoms with van der Waals surface area (Å²) in [4.78, 5) is 22.5. The van der Waals surface area contributed by atoms with Crippen molar-refractivity contribution < 1.29 is 24.2 Å². The number of ether oxygens (including phenoxy) is 2. The molecule has 0 fully saturated rings. The maximum Gasteiger partial charge on any atom is 0.317 e. The van der Waals surface area contributed by atoms with Crippen LogP contribution in [0.2, 0.25) is 0 Å². The minimum atomic E-state index is -1.02. The highest BCUT2D eigenvalue weighted by atomic mass is 16.5. The van der Waals surface area contributed by atoms with Crippen LogP contribution in [0.3, 0.4) is 0 Å². The smallest absolute Gasteiger partial charge is 0.317 e. The van der Waals surface area contributed by atoms with E-state index in [1.54, 1.807) is 19.1 Å². The van der Waals surface area contributed by atoms with Gasteiger partial charge in [0, 0.05) is 12.0 Å². The van der Waals surface area contributed by atoms with E-state index in [9.17, 15) is 14.7 Å². The van der Waals surface area contributed by atoms with Crippen molar-refractivity contribution in [2.45, 2.75) is 25.2 Å². The standard InChI is InChI=1S/C14H16O5/c1-14(13(16)17)8-19-12-9(4-3-5-10(12)14)6-7-11(15)18-2/h3-5H,6-8H2,1-2H3,(H,16,17). The number of rotatable bonds is 4. The molecule has 0 saturated carbocycles. The SMILES string of the molecule is COC(=O)CCc1cccc2c1OCC2(C)C(=O)O. The Morgan fingerprint density at radius 2 is 2.21 bits per heavy atom. The van der Waals surface area contributed by atoms with Crippen LogP contribution >= 0.6 is 0 Å². The molecule has 1 atom stereocenters. The Morgan fingerprint density at radius 3 is 2.84 bits per heavy atom. The Balaban J connectivity index is 2.29. The summed E-state index contributed by atoms with van der Waals surface area (Å²) in [7, 11) is 1.34. The van der Waals surface area contributed by atoms with Crippen molar-refractivity contribution in [1.29, 1.82) is 0 Å². The Bertz CT molecular complexity index is 523. The van der Waals surface area contributed by atoms with Crippen molar-refractivity contribution in [2.75, 3.05) is 13.7 Å². The minimum Gasteiger partial charge on any atom is -0.491 e. The molecule has 0 saturated heterocycles. The Kier molecular flexibility index (Phi) is 3.46. The number of para-hydroxylation sites is 1. The summed E-state index contributed by atoms with van der Waals surface area (Å²) in [6, 6.07) is 5.40. The number of aliphatic carboxylic acids is 1. The lowest BCUT2D eigenvalue weighted by molar-refractivity contribution is -0.143. The van der Waals surface area contributed by atoms with E-state index in [1.807, 2.05) is 6.07 Å². The number of carbonyl (C=O) groups is 2. The van der Waals surface area contributed by atoms with Gasteiger partial charge in [-0.2, -0.15) is 0 Å². The van der Waals surface area contributed by atoms with Gasteiger partial charge in [-0.05, 0) is 18.9 Å². The molecule has 0 spiro atoms. The molecule has 19 heavy (non-hydrogen) atoms. The molecule has 0 aromatic heterocycles. The van der Waals surface area contributed by atoms with Crippen molar-refractivity contribution in [3.05, 3.63) is 29.3 Å². The highest BCUT2D eigenvalue weighted by Gasteiger charge is 2.44. The lowest BCUT2D eigenvalue weighted by Gasteiger charge is -2.16. The number of methoxy groups -OCH3 is 1. The van der Waals surface area contributed by atoms with E-state index < -0.39 is 11.4 Å². The van der Waals surface area contributed by atoms with Crippen LogP contribution in [0.5, 0.6) is 5.75 Å². The fraction of sp³-hybridized carbons (Fsp3) is 0.429. The van der Waals surface area contributed by atoms with Crippen molar-refractivity contribution in [3.8, 4) is 5.75 Å². The second kappa shape index (κ2) is 4.91. The number of aryl methyl sites for hydroxylation is 1. The first kappa shape index (κ1) is 13.4. The fourth-order valence-electron chi connectivity index (χ4n) is 2.20. The third kappa shape index (κ3) is 2.28. The van der Waals surface area contributed by atoms with Crippen molar-refractivity contribution in [3.63, 3.8) is 0 Å². The van der Waals surface area contributed by atoms with Crippen molar-refractivity contribution in [1.82, 2.24) is 0 Å². The van der Waals surface area contributed by atoms with E-state index in [0.717, 1.165) is 5.56 Å². The molecule has 1 aromatic rings. The predicted octanol–water partition coefficient (Wildman–Crippen LogP) is 1.53. The van der Waals surface area contributed by atoms with Crippen LogP contribution < -0.4 is 4.74 Å². The van der Waals surface area contributed by atoms with Gasteiger partial charge in [0.25, 0.3) is 0 Å². The second-order valence-electron chi connectivity index (χ2n) is 4.80. The molecular weight excluding hydrogens is 248 g/mol. The summed E-state index contributed by atoms with van der Waals surface area (Å²) in [5.41, 5.74) is 0.492. The molecule has 1 N–H and O–H groups in total. The first-order valence-corrected chi connectivity index (χ1v) is 6.04. The zero-order valence-corrected chi connectivity index (χ0v) is 10.9. The number of hydrogen-bond acceptors (Lipinski definition) is 4. The molecule has 1 heterocycles. The lowest BCUT2D eigenvalue weighted by Crippen LogP contribution is -2.33. The van der Waals surface area contributed by atoms with Crippen LogP contribution in [0.25, 0.3) is 0 Å². The van der Waals surface area contributed by atoms with E-state index in [4.69, 9.17) is 4.74 Å².